The number of amides is 2. The summed E-state index contributed by atoms with van der Waals surface area (Å²) in [5.41, 5.74) is 0.632. The number of hydrogen-bond donors (Lipinski definition) is 2. The Hall–Kier alpha value is -2.65. The summed E-state index contributed by atoms with van der Waals surface area (Å²) in [4.78, 5) is 46.3. The second-order valence-electron chi connectivity index (χ2n) is 7.43. The molecule has 3 atom stereocenters. The summed E-state index contributed by atoms with van der Waals surface area (Å²) >= 11 is 2.80. The minimum atomic E-state index is -4.14. The largest absolute Gasteiger partial charge is 0.461 e. The van der Waals surface area contributed by atoms with Gasteiger partial charge in [-0.05, 0) is 17.5 Å². The predicted octanol–water partition coefficient (Wildman–Crippen LogP) is 0.280. The topological polar surface area (TPSA) is 158 Å². The third-order valence-electron chi connectivity index (χ3n) is 5.07. The SMILES string of the molecule is CC(=O)OCC1=C[N+]2(c3nccc(S(N)(=O)=O)n3)C(=O)C(NC(=O)Cc3cccs3)[C@@H]2SC1. The highest BCUT2D eigenvalue weighted by Crippen LogP contribution is 2.46. The minimum Gasteiger partial charge on any atom is -0.461 e. The van der Waals surface area contributed by atoms with Gasteiger partial charge in [0.2, 0.25) is 11.9 Å². The van der Waals surface area contributed by atoms with Crippen LogP contribution in [0.25, 0.3) is 0 Å². The number of primary sulfonamides is 1. The van der Waals surface area contributed by atoms with Crippen molar-refractivity contribution in [1.82, 2.24) is 19.8 Å². The number of hydrogen-bond acceptors (Lipinski definition) is 10. The van der Waals surface area contributed by atoms with E-state index in [1.807, 2.05) is 17.5 Å². The van der Waals surface area contributed by atoms with Gasteiger partial charge in [-0.25, -0.2) is 18.4 Å². The maximum Gasteiger partial charge on any atom is 0.356 e. The van der Waals surface area contributed by atoms with Gasteiger partial charge in [0.15, 0.2) is 10.4 Å². The van der Waals surface area contributed by atoms with Crippen LogP contribution in [0.2, 0.25) is 0 Å². The number of carbonyl (C=O) groups excluding carboxylic acids is 3. The summed E-state index contributed by atoms with van der Waals surface area (Å²) in [5.74, 6) is -0.859. The average Bonchev–Trinajstić information content (AvgIpc) is 3.28. The van der Waals surface area contributed by atoms with E-state index in [2.05, 4.69) is 15.3 Å². The van der Waals surface area contributed by atoms with Crippen LogP contribution < -0.4 is 14.9 Å². The zero-order valence-corrected chi connectivity index (χ0v) is 19.8. The molecule has 2 aromatic heterocycles. The van der Waals surface area contributed by atoms with Gasteiger partial charge in [0.1, 0.15) is 12.8 Å². The molecule has 14 heteroatoms. The molecular formula is C19H20N5O6S3+. The van der Waals surface area contributed by atoms with Crippen LogP contribution in [-0.4, -0.2) is 59.9 Å². The summed E-state index contributed by atoms with van der Waals surface area (Å²) in [6.07, 6.45) is 2.92. The first kappa shape index (κ1) is 23.5. The van der Waals surface area contributed by atoms with Crippen LogP contribution in [0.15, 0.2) is 46.6 Å². The van der Waals surface area contributed by atoms with E-state index < -0.39 is 42.8 Å². The molecule has 2 aliphatic rings. The Morgan fingerprint density at radius 1 is 1.36 bits per heavy atom. The van der Waals surface area contributed by atoms with Crippen LogP contribution in [0.3, 0.4) is 0 Å². The molecule has 2 aliphatic heterocycles. The Morgan fingerprint density at radius 2 is 2.15 bits per heavy atom. The van der Waals surface area contributed by atoms with Gasteiger partial charge in [0.05, 0.1) is 6.42 Å². The number of thioether (sulfide) groups is 1. The first-order chi connectivity index (χ1) is 15.6. The minimum absolute atomic E-state index is 0.0351. The number of carbonyl (C=O) groups is 3. The van der Waals surface area contributed by atoms with Gasteiger partial charge < -0.3 is 10.1 Å². The number of aromatic nitrogens is 2. The number of nitrogens with one attached hydrogen (secondary N) is 1. The highest BCUT2D eigenvalue weighted by atomic mass is 32.2. The monoisotopic (exact) mass is 510 g/mol. The standard InChI is InChI=1S/C19H19N5O6S3/c1-11(25)30-9-12-8-24(19-21-5-4-15(23-19)33(20,28)29)17(27)16(18(24)32-10-12)22-14(26)7-13-3-2-6-31-13/h2-6,8,16,18H,7,9-10H2,1H3,(H2-,20,22,26,28,29)/p+1/t16?,18-,24?/m0/s1. The molecule has 4 rings (SSSR count). The van der Waals surface area contributed by atoms with E-state index in [4.69, 9.17) is 9.88 Å². The van der Waals surface area contributed by atoms with Crippen molar-refractivity contribution in [2.45, 2.75) is 29.8 Å². The normalized spacial score (nSPS) is 24.3. The van der Waals surface area contributed by atoms with Gasteiger partial charge in [-0.15, -0.1) is 11.3 Å². The molecule has 0 spiro atoms. The highest BCUT2D eigenvalue weighted by Gasteiger charge is 2.68. The van der Waals surface area contributed by atoms with Crippen molar-refractivity contribution in [3.8, 4) is 0 Å². The summed E-state index contributed by atoms with van der Waals surface area (Å²) in [7, 11) is -4.14. The number of nitrogens with zero attached hydrogens (tertiary/aromatic N) is 3. The number of thiophene rings is 1. The zero-order valence-electron chi connectivity index (χ0n) is 17.3. The molecule has 0 aromatic carbocycles. The fraction of sp³-hybridized carbons (Fsp3) is 0.316. The molecule has 2 aromatic rings. The Morgan fingerprint density at radius 3 is 2.82 bits per heavy atom. The van der Waals surface area contributed by atoms with Crippen LogP contribution >= 0.6 is 23.1 Å². The number of β-lactam (4-membered cyclic amide) rings is 1. The third kappa shape index (κ3) is 4.56. The molecule has 1 fully saturated rings. The van der Waals surface area contributed by atoms with Crippen LogP contribution in [0, 0.1) is 0 Å². The van der Waals surface area contributed by atoms with Gasteiger partial charge in [0, 0.05) is 29.3 Å². The highest BCUT2D eigenvalue weighted by molar-refractivity contribution is 8.00. The molecule has 0 bridgehead atoms. The fourth-order valence-corrected chi connectivity index (χ4v) is 6.22. The Bertz CT molecular complexity index is 1250. The van der Waals surface area contributed by atoms with Gasteiger partial charge >= 0.3 is 17.8 Å². The van der Waals surface area contributed by atoms with E-state index in [0.29, 0.717) is 11.3 Å². The Balaban J connectivity index is 1.67. The van der Waals surface area contributed by atoms with E-state index in [-0.39, 0.29) is 24.9 Å². The van der Waals surface area contributed by atoms with Crippen LogP contribution in [0.5, 0.6) is 0 Å². The maximum atomic E-state index is 13.4. The van der Waals surface area contributed by atoms with Gasteiger partial charge in [-0.3, -0.25) is 9.59 Å². The van der Waals surface area contributed by atoms with Crippen molar-refractivity contribution in [1.29, 1.82) is 0 Å². The summed E-state index contributed by atoms with van der Waals surface area (Å²) in [5, 5.41) is 8.89. The molecule has 1 saturated heterocycles. The number of fused-ring (bicyclic) bond motifs is 1. The van der Waals surface area contributed by atoms with Crippen molar-refractivity contribution in [2.75, 3.05) is 12.4 Å². The number of ether oxygens (including phenoxy) is 1. The second-order valence-corrected chi connectivity index (χ2v) is 11.1. The summed E-state index contributed by atoms with van der Waals surface area (Å²) < 4.78 is 28.2. The van der Waals surface area contributed by atoms with E-state index in [1.165, 1.54) is 36.2 Å². The van der Waals surface area contributed by atoms with E-state index in [0.717, 1.165) is 10.9 Å². The quantitative estimate of drug-likeness (QED) is 0.231. The Labute approximate surface area is 197 Å². The molecule has 2 amide bonds. The van der Waals surface area contributed by atoms with E-state index >= 15 is 0 Å². The van der Waals surface area contributed by atoms with Crippen molar-refractivity contribution in [3.05, 3.63) is 46.4 Å². The molecule has 2 unspecified atom stereocenters. The first-order valence-corrected chi connectivity index (χ1v) is 13.2. The van der Waals surface area contributed by atoms with Crippen molar-refractivity contribution in [2.24, 2.45) is 5.14 Å². The first-order valence-electron chi connectivity index (χ1n) is 9.68. The molecule has 11 nitrogen and oxygen atoms in total. The fourth-order valence-electron chi connectivity index (χ4n) is 3.64. The number of rotatable bonds is 7. The van der Waals surface area contributed by atoms with Gasteiger partial charge in [0.25, 0.3) is 10.0 Å². The van der Waals surface area contributed by atoms with Crippen molar-refractivity contribution in [3.63, 3.8) is 0 Å². The number of sulfonamides is 1. The number of nitrogens with two attached hydrogens (primary N) is 1. The number of quaternary nitrogens is 1. The molecule has 174 valence electrons. The smallest absolute Gasteiger partial charge is 0.356 e. The summed E-state index contributed by atoms with van der Waals surface area (Å²) in [6.45, 7) is 1.24. The van der Waals surface area contributed by atoms with Gasteiger partial charge in [-0.1, -0.05) is 17.8 Å². The van der Waals surface area contributed by atoms with Crippen LogP contribution in [-0.2, 0) is 35.6 Å². The van der Waals surface area contributed by atoms with Gasteiger partial charge in [-0.2, -0.15) is 14.5 Å². The lowest BCUT2D eigenvalue weighted by Gasteiger charge is -2.50. The lowest BCUT2D eigenvalue weighted by molar-refractivity contribution is -0.144. The maximum absolute atomic E-state index is 13.4. The lowest BCUT2D eigenvalue weighted by atomic mass is 10.0. The number of esters is 1. The lowest BCUT2D eigenvalue weighted by Crippen LogP contribution is -2.80. The molecular weight excluding hydrogens is 490 g/mol. The molecule has 4 heterocycles. The van der Waals surface area contributed by atoms with E-state index in [1.54, 1.807) is 6.20 Å². The van der Waals surface area contributed by atoms with Crippen LogP contribution in [0.1, 0.15) is 11.8 Å². The molecule has 3 N–H and O–H groups in total. The molecule has 0 saturated carbocycles. The average molecular weight is 511 g/mol. The Kier molecular flexibility index (Phi) is 6.37. The zero-order chi connectivity index (χ0) is 23.8. The second kappa shape index (κ2) is 8.95. The van der Waals surface area contributed by atoms with Crippen molar-refractivity contribution < 1.29 is 27.5 Å². The third-order valence-corrected chi connectivity index (χ3v) is 8.25. The molecule has 0 aliphatic carbocycles. The predicted molar refractivity (Wildman–Crippen MR) is 121 cm³/mol. The van der Waals surface area contributed by atoms with E-state index in [9.17, 15) is 22.8 Å². The molecule has 33 heavy (non-hydrogen) atoms. The van der Waals surface area contributed by atoms with Crippen molar-refractivity contribution >= 4 is 56.9 Å². The summed E-state index contributed by atoms with van der Waals surface area (Å²) in [6, 6.07) is 3.98. The van der Waals surface area contributed by atoms with Crippen LogP contribution in [0.4, 0.5) is 5.95 Å². The molecule has 0 radical (unpaired) electrons.